The third-order valence-electron chi connectivity index (χ3n) is 3.15. The summed E-state index contributed by atoms with van der Waals surface area (Å²) >= 11 is 0. The number of ether oxygens (including phenoxy) is 1. The summed E-state index contributed by atoms with van der Waals surface area (Å²) in [6.45, 7) is 6.94. The first-order chi connectivity index (χ1) is 9.24. The van der Waals surface area contributed by atoms with Crippen molar-refractivity contribution in [2.24, 2.45) is 0 Å². The molecule has 0 fully saturated rings. The van der Waals surface area contributed by atoms with E-state index in [1.54, 1.807) is 0 Å². The van der Waals surface area contributed by atoms with E-state index in [2.05, 4.69) is 43.4 Å². The molecule has 0 spiro atoms. The molecule has 0 saturated heterocycles. The minimum Gasteiger partial charge on any atom is -0.389 e. The van der Waals surface area contributed by atoms with Gasteiger partial charge in [-0.25, -0.2) is 0 Å². The van der Waals surface area contributed by atoms with Crippen molar-refractivity contribution in [1.29, 1.82) is 0 Å². The maximum atomic E-state index is 9.74. The lowest BCUT2D eigenvalue weighted by Crippen LogP contribution is -2.32. The lowest BCUT2D eigenvalue weighted by molar-refractivity contribution is 0.0359. The molecule has 1 aromatic carbocycles. The third-order valence-corrected chi connectivity index (χ3v) is 3.15. The molecule has 0 saturated carbocycles. The predicted molar refractivity (Wildman–Crippen MR) is 79.5 cm³/mol. The average Bonchev–Trinajstić information content (AvgIpc) is 2.44. The van der Waals surface area contributed by atoms with E-state index in [9.17, 15) is 5.11 Å². The second kappa shape index (κ2) is 9.96. The van der Waals surface area contributed by atoms with Crippen LogP contribution < -0.4 is 5.32 Å². The summed E-state index contributed by atoms with van der Waals surface area (Å²) in [5.41, 5.74) is 1.32. The Kier molecular flexibility index (Phi) is 8.47. The molecular weight excluding hydrogens is 238 g/mol. The highest BCUT2D eigenvalue weighted by molar-refractivity contribution is 5.18. The van der Waals surface area contributed by atoms with Gasteiger partial charge in [0.25, 0.3) is 0 Å². The summed E-state index contributed by atoms with van der Waals surface area (Å²) in [4.78, 5) is 0. The highest BCUT2D eigenvalue weighted by atomic mass is 16.5. The van der Waals surface area contributed by atoms with E-state index in [4.69, 9.17) is 4.74 Å². The SMILES string of the molecule is CCCCOCC(O)CNCC(C)c1ccccc1. The van der Waals surface area contributed by atoms with Gasteiger partial charge < -0.3 is 15.2 Å². The smallest absolute Gasteiger partial charge is 0.0897 e. The van der Waals surface area contributed by atoms with Gasteiger partial charge in [-0.2, -0.15) is 0 Å². The summed E-state index contributed by atoms with van der Waals surface area (Å²) in [7, 11) is 0. The second-order valence-corrected chi connectivity index (χ2v) is 5.05. The molecule has 19 heavy (non-hydrogen) atoms. The van der Waals surface area contributed by atoms with Gasteiger partial charge in [0.2, 0.25) is 0 Å². The summed E-state index contributed by atoms with van der Waals surface area (Å²) in [5.74, 6) is 0.453. The minimum absolute atomic E-state index is 0.417. The van der Waals surface area contributed by atoms with E-state index >= 15 is 0 Å². The van der Waals surface area contributed by atoms with Gasteiger partial charge >= 0.3 is 0 Å². The fourth-order valence-corrected chi connectivity index (χ4v) is 1.89. The summed E-state index contributed by atoms with van der Waals surface area (Å²) in [5, 5.41) is 13.0. The molecule has 0 heterocycles. The van der Waals surface area contributed by atoms with Gasteiger partial charge in [0.1, 0.15) is 0 Å². The number of unbranched alkanes of at least 4 members (excludes halogenated alkanes) is 1. The number of nitrogens with one attached hydrogen (secondary N) is 1. The zero-order chi connectivity index (χ0) is 13.9. The largest absolute Gasteiger partial charge is 0.389 e. The molecule has 2 atom stereocenters. The van der Waals surface area contributed by atoms with E-state index < -0.39 is 6.10 Å². The van der Waals surface area contributed by atoms with Gasteiger partial charge in [0.05, 0.1) is 12.7 Å². The molecule has 0 aliphatic heterocycles. The molecule has 3 heteroatoms. The van der Waals surface area contributed by atoms with Gasteiger partial charge in [-0.15, -0.1) is 0 Å². The van der Waals surface area contributed by atoms with Gasteiger partial charge in [-0.1, -0.05) is 50.6 Å². The Hall–Kier alpha value is -0.900. The van der Waals surface area contributed by atoms with Gasteiger partial charge in [-0.3, -0.25) is 0 Å². The molecule has 0 amide bonds. The monoisotopic (exact) mass is 265 g/mol. The normalized spacial score (nSPS) is 14.3. The van der Waals surface area contributed by atoms with Crippen molar-refractivity contribution >= 4 is 0 Å². The van der Waals surface area contributed by atoms with Crippen LogP contribution in [-0.2, 0) is 4.74 Å². The van der Waals surface area contributed by atoms with Crippen molar-refractivity contribution < 1.29 is 9.84 Å². The molecule has 1 rings (SSSR count). The van der Waals surface area contributed by atoms with Crippen LogP contribution in [0.3, 0.4) is 0 Å². The van der Waals surface area contributed by atoms with Crippen molar-refractivity contribution in [2.75, 3.05) is 26.3 Å². The quantitative estimate of drug-likeness (QED) is 0.639. The lowest BCUT2D eigenvalue weighted by atomic mass is 10.0. The fourth-order valence-electron chi connectivity index (χ4n) is 1.89. The number of benzene rings is 1. The summed E-state index contributed by atoms with van der Waals surface area (Å²) in [6.07, 6.45) is 1.77. The minimum atomic E-state index is -0.417. The summed E-state index contributed by atoms with van der Waals surface area (Å²) < 4.78 is 5.39. The average molecular weight is 265 g/mol. The molecule has 2 N–H and O–H groups in total. The zero-order valence-corrected chi connectivity index (χ0v) is 12.1. The number of hydrogen-bond donors (Lipinski definition) is 2. The topological polar surface area (TPSA) is 41.5 Å². The maximum Gasteiger partial charge on any atom is 0.0897 e. The number of rotatable bonds is 10. The number of aliphatic hydroxyl groups excluding tert-OH is 1. The Morgan fingerprint density at radius 2 is 1.95 bits per heavy atom. The lowest BCUT2D eigenvalue weighted by Gasteiger charge is -2.16. The highest BCUT2D eigenvalue weighted by Gasteiger charge is 2.07. The van der Waals surface area contributed by atoms with Crippen LogP contribution in [0.5, 0.6) is 0 Å². The molecular formula is C16H27NO2. The Bertz CT molecular complexity index is 316. The van der Waals surface area contributed by atoms with Crippen LogP contribution in [0, 0.1) is 0 Å². The first-order valence-corrected chi connectivity index (χ1v) is 7.25. The molecule has 0 aliphatic rings. The van der Waals surface area contributed by atoms with Crippen molar-refractivity contribution in [2.45, 2.75) is 38.7 Å². The van der Waals surface area contributed by atoms with Crippen LogP contribution in [-0.4, -0.2) is 37.5 Å². The van der Waals surface area contributed by atoms with Crippen molar-refractivity contribution in [3.63, 3.8) is 0 Å². The molecule has 2 unspecified atom stereocenters. The van der Waals surface area contributed by atoms with Gasteiger partial charge in [-0.05, 0) is 17.9 Å². The van der Waals surface area contributed by atoms with Gasteiger partial charge in [0, 0.05) is 19.7 Å². The molecule has 0 aromatic heterocycles. The molecule has 0 radical (unpaired) electrons. The van der Waals surface area contributed by atoms with E-state index in [-0.39, 0.29) is 0 Å². The van der Waals surface area contributed by atoms with Crippen molar-refractivity contribution in [1.82, 2.24) is 5.32 Å². The first-order valence-electron chi connectivity index (χ1n) is 7.25. The standard InChI is InChI=1S/C16H27NO2/c1-3-4-10-19-13-16(18)12-17-11-14(2)15-8-6-5-7-9-15/h5-9,14,16-18H,3-4,10-13H2,1-2H3. The highest BCUT2D eigenvalue weighted by Crippen LogP contribution is 2.12. The Labute approximate surface area is 117 Å². The first kappa shape index (κ1) is 16.2. The zero-order valence-electron chi connectivity index (χ0n) is 12.1. The van der Waals surface area contributed by atoms with Gasteiger partial charge in [0.15, 0.2) is 0 Å². The molecule has 0 aliphatic carbocycles. The van der Waals surface area contributed by atoms with Crippen LogP contribution in [0.15, 0.2) is 30.3 Å². The molecule has 3 nitrogen and oxygen atoms in total. The van der Waals surface area contributed by atoms with E-state index in [0.717, 1.165) is 26.0 Å². The van der Waals surface area contributed by atoms with E-state index in [0.29, 0.717) is 19.1 Å². The summed E-state index contributed by atoms with van der Waals surface area (Å²) in [6, 6.07) is 10.4. The van der Waals surface area contributed by atoms with Crippen molar-refractivity contribution in [3.05, 3.63) is 35.9 Å². The molecule has 108 valence electrons. The molecule has 1 aromatic rings. The van der Waals surface area contributed by atoms with Crippen LogP contribution in [0.1, 0.15) is 38.2 Å². The van der Waals surface area contributed by atoms with Crippen LogP contribution in [0.4, 0.5) is 0 Å². The van der Waals surface area contributed by atoms with Crippen LogP contribution in [0.2, 0.25) is 0 Å². The predicted octanol–water partition coefficient (Wildman–Crippen LogP) is 2.56. The van der Waals surface area contributed by atoms with E-state index in [1.165, 1.54) is 5.56 Å². The Balaban J connectivity index is 2.09. The maximum absolute atomic E-state index is 9.74. The Morgan fingerprint density at radius 1 is 1.21 bits per heavy atom. The third kappa shape index (κ3) is 7.31. The number of aliphatic hydroxyl groups is 1. The van der Waals surface area contributed by atoms with Crippen LogP contribution in [0.25, 0.3) is 0 Å². The Morgan fingerprint density at radius 3 is 2.63 bits per heavy atom. The van der Waals surface area contributed by atoms with Crippen molar-refractivity contribution in [3.8, 4) is 0 Å². The van der Waals surface area contributed by atoms with Crippen LogP contribution >= 0.6 is 0 Å². The second-order valence-electron chi connectivity index (χ2n) is 5.05. The fraction of sp³-hybridized carbons (Fsp3) is 0.625. The van der Waals surface area contributed by atoms with E-state index in [1.807, 2.05) is 6.07 Å². The number of hydrogen-bond acceptors (Lipinski definition) is 3. The molecule has 0 bridgehead atoms.